The average molecular weight is 218 g/mol. The molecule has 0 aliphatic rings. The van der Waals surface area contributed by atoms with Crippen LogP contribution < -0.4 is 0 Å². The second-order valence-corrected chi connectivity index (χ2v) is 7.22. The lowest BCUT2D eigenvalue weighted by molar-refractivity contribution is -0.154. The highest BCUT2D eigenvalue weighted by Crippen LogP contribution is 2.24. The third-order valence-corrected chi connectivity index (χ3v) is 2.54. The van der Waals surface area contributed by atoms with Gasteiger partial charge in [-0.2, -0.15) is 11.8 Å². The van der Waals surface area contributed by atoms with Crippen molar-refractivity contribution in [3.8, 4) is 0 Å². The van der Waals surface area contributed by atoms with Gasteiger partial charge in [0.15, 0.2) is 0 Å². The first-order chi connectivity index (χ1) is 6.10. The predicted octanol–water partition coefficient (Wildman–Crippen LogP) is 3.25. The molecule has 2 nitrogen and oxygen atoms in total. The average Bonchev–Trinajstić information content (AvgIpc) is 1.78. The monoisotopic (exact) mass is 218 g/mol. The molecule has 0 aliphatic carbocycles. The molecule has 0 aromatic heterocycles. The number of thioether (sulfide) groups is 1. The molecule has 0 aromatic rings. The van der Waals surface area contributed by atoms with Gasteiger partial charge in [-0.25, -0.2) is 0 Å². The number of esters is 1. The molecular weight excluding hydrogens is 196 g/mol. The van der Waals surface area contributed by atoms with Gasteiger partial charge in [0.25, 0.3) is 0 Å². The standard InChI is InChI=1S/C11H22O2S/c1-10(2,3)13-9(12)7-8-14-11(4,5)6/h7-8H2,1-6H3. The number of hydrogen-bond acceptors (Lipinski definition) is 3. The maximum atomic E-state index is 11.3. The van der Waals surface area contributed by atoms with E-state index in [4.69, 9.17) is 4.74 Å². The molecule has 0 rings (SSSR count). The zero-order valence-corrected chi connectivity index (χ0v) is 11.0. The van der Waals surface area contributed by atoms with Gasteiger partial charge in [0.1, 0.15) is 5.60 Å². The molecule has 0 fully saturated rings. The minimum absolute atomic E-state index is 0.103. The summed E-state index contributed by atoms with van der Waals surface area (Å²) in [5.41, 5.74) is -0.358. The summed E-state index contributed by atoms with van der Waals surface area (Å²) >= 11 is 1.79. The highest BCUT2D eigenvalue weighted by molar-refractivity contribution is 8.00. The van der Waals surface area contributed by atoms with E-state index in [9.17, 15) is 4.79 Å². The fraction of sp³-hybridized carbons (Fsp3) is 0.909. The number of ether oxygens (including phenoxy) is 1. The first-order valence-electron chi connectivity index (χ1n) is 4.96. The normalized spacial score (nSPS) is 12.7. The van der Waals surface area contributed by atoms with Crippen molar-refractivity contribution in [1.82, 2.24) is 0 Å². The van der Waals surface area contributed by atoms with Crippen molar-refractivity contribution >= 4 is 17.7 Å². The highest BCUT2D eigenvalue weighted by atomic mass is 32.2. The van der Waals surface area contributed by atoms with E-state index in [1.807, 2.05) is 20.8 Å². The lowest BCUT2D eigenvalue weighted by Gasteiger charge is -2.21. The van der Waals surface area contributed by atoms with Gasteiger partial charge in [-0.15, -0.1) is 0 Å². The Balaban J connectivity index is 3.66. The topological polar surface area (TPSA) is 26.3 Å². The highest BCUT2D eigenvalue weighted by Gasteiger charge is 2.17. The fourth-order valence-corrected chi connectivity index (χ4v) is 1.71. The van der Waals surface area contributed by atoms with E-state index in [1.54, 1.807) is 11.8 Å². The Bertz CT molecular complexity index is 186. The van der Waals surface area contributed by atoms with Crippen LogP contribution in [0.3, 0.4) is 0 Å². The van der Waals surface area contributed by atoms with Crippen molar-refractivity contribution in [1.29, 1.82) is 0 Å². The quantitative estimate of drug-likeness (QED) is 0.680. The van der Waals surface area contributed by atoms with E-state index in [1.165, 1.54) is 0 Å². The summed E-state index contributed by atoms with van der Waals surface area (Å²) in [7, 11) is 0. The molecule has 84 valence electrons. The Morgan fingerprint density at radius 2 is 1.64 bits per heavy atom. The largest absolute Gasteiger partial charge is 0.460 e. The van der Waals surface area contributed by atoms with Gasteiger partial charge >= 0.3 is 5.97 Å². The van der Waals surface area contributed by atoms with E-state index in [2.05, 4.69) is 20.8 Å². The molecule has 3 heteroatoms. The van der Waals surface area contributed by atoms with E-state index >= 15 is 0 Å². The molecule has 0 N–H and O–H groups in total. The van der Waals surface area contributed by atoms with Crippen LogP contribution in [0, 0.1) is 0 Å². The molecule has 0 heterocycles. The molecule has 0 saturated carbocycles. The van der Waals surface area contributed by atoms with Crippen molar-refractivity contribution in [2.45, 2.75) is 58.3 Å². The van der Waals surface area contributed by atoms with Crippen LogP contribution in [-0.2, 0) is 9.53 Å². The van der Waals surface area contributed by atoms with Crippen LogP contribution in [-0.4, -0.2) is 22.1 Å². The summed E-state index contributed by atoms with van der Waals surface area (Å²) < 4.78 is 5.42. The van der Waals surface area contributed by atoms with Gasteiger partial charge in [0.2, 0.25) is 0 Å². The van der Waals surface area contributed by atoms with Crippen LogP contribution in [0.25, 0.3) is 0 Å². The minimum Gasteiger partial charge on any atom is -0.460 e. The first kappa shape index (κ1) is 13.8. The fourth-order valence-electron chi connectivity index (χ4n) is 0.833. The van der Waals surface area contributed by atoms with E-state index in [0.717, 1.165) is 5.75 Å². The van der Waals surface area contributed by atoms with Crippen LogP contribution in [0.4, 0.5) is 0 Å². The number of carbonyl (C=O) groups excluding carboxylic acids is 1. The third-order valence-electron chi connectivity index (χ3n) is 1.26. The van der Waals surface area contributed by atoms with Crippen molar-refractivity contribution in [2.75, 3.05) is 5.75 Å². The molecule has 0 saturated heterocycles. The summed E-state index contributed by atoms with van der Waals surface area (Å²) in [5.74, 6) is 0.729. The summed E-state index contributed by atoms with van der Waals surface area (Å²) in [6.45, 7) is 12.1. The second kappa shape index (κ2) is 5.06. The maximum Gasteiger partial charge on any atom is 0.307 e. The molecule has 14 heavy (non-hydrogen) atoms. The van der Waals surface area contributed by atoms with Gasteiger partial charge in [-0.1, -0.05) is 20.8 Å². The molecule has 0 atom stereocenters. The molecule has 0 spiro atoms. The first-order valence-corrected chi connectivity index (χ1v) is 5.94. The van der Waals surface area contributed by atoms with E-state index in [0.29, 0.717) is 6.42 Å². The smallest absolute Gasteiger partial charge is 0.307 e. The summed E-state index contributed by atoms with van der Waals surface area (Å²) in [4.78, 5) is 11.3. The van der Waals surface area contributed by atoms with Gasteiger partial charge in [-0.3, -0.25) is 4.79 Å². The Morgan fingerprint density at radius 3 is 2.00 bits per heavy atom. The molecular formula is C11H22O2S. The molecule has 0 unspecified atom stereocenters. The minimum atomic E-state index is -0.358. The van der Waals surface area contributed by atoms with Gasteiger partial charge < -0.3 is 4.74 Å². The number of rotatable bonds is 3. The molecule has 0 bridgehead atoms. The maximum absolute atomic E-state index is 11.3. The molecule has 0 radical (unpaired) electrons. The van der Waals surface area contributed by atoms with Crippen LogP contribution in [0.1, 0.15) is 48.0 Å². The molecule has 0 aliphatic heterocycles. The number of hydrogen-bond donors (Lipinski definition) is 0. The summed E-state index contributed by atoms with van der Waals surface area (Å²) in [6, 6.07) is 0. The Hall–Kier alpha value is -0.180. The van der Waals surface area contributed by atoms with Crippen molar-refractivity contribution < 1.29 is 9.53 Å². The predicted molar refractivity (Wildman–Crippen MR) is 62.7 cm³/mol. The van der Waals surface area contributed by atoms with Crippen molar-refractivity contribution in [2.24, 2.45) is 0 Å². The van der Waals surface area contributed by atoms with Gasteiger partial charge in [0, 0.05) is 10.5 Å². The Labute approximate surface area is 91.8 Å². The van der Waals surface area contributed by atoms with Crippen LogP contribution in [0.5, 0.6) is 0 Å². The zero-order valence-electron chi connectivity index (χ0n) is 10.1. The van der Waals surface area contributed by atoms with Gasteiger partial charge in [-0.05, 0) is 20.8 Å². The van der Waals surface area contributed by atoms with Crippen LogP contribution >= 0.6 is 11.8 Å². The Kier molecular flexibility index (Phi) is 4.99. The Morgan fingerprint density at radius 1 is 1.14 bits per heavy atom. The zero-order chi connectivity index (χ0) is 11.4. The van der Waals surface area contributed by atoms with Crippen molar-refractivity contribution in [3.63, 3.8) is 0 Å². The number of carbonyl (C=O) groups is 1. The summed E-state index contributed by atoms with van der Waals surface area (Å²) in [6.07, 6.45) is 0.499. The van der Waals surface area contributed by atoms with E-state index in [-0.39, 0.29) is 16.3 Å². The third kappa shape index (κ3) is 9.90. The van der Waals surface area contributed by atoms with Crippen molar-refractivity contribution in [3.05, 3.63) is 0 Å². The SMILES string of the molecule is CC(C)(C)OC(=O)CCSC(C)(C)C. The second-order valence-electron chi connectivity index (χ2n) is 5.30. The lowest BCUT2D eigenvalue weighted by atomic mass is 10.2. The van der Waals surface area contributed by atoms with Gasteiger partial charge in [0.05, 0.1) is 6.42 Å². The lowest BCUT2D eigenvalue weighted by Crippen LogP contribution is -2.24. The van der Waals surface area contributed by atoms with E-state index < -0.39 is 0 Å². The van der Waals surface area contributed by atoms with Crippen LogP contribution in [0.2, 0.25) is 0 Å². The molecule has 0 aromatic carbocycles. The van der Waals surface area contributed by atoms with Crippen LogP contribution in [0.15, 0.2) is 0 Å². The summed E-state index contributed by atoms with van der Waals surface area (Å²) in [5, 5.41) is 0. The molecule has 0 amide bonds.